The normalized spacial score (nSPS) is 12.3. The number of ether oxygens (including phenoxy) is 1. The number of hydrogen-bond donors (Lipinski definition) is 2. The van der Waals surface area contributed by atoms with E-state index < -0.39 is 7.12 Å². The monoisotopic (exact) mass is 208 g/mol. The van der Waals surface area contributed by atoms with Gasteiger partial charge < -0.3 is 14.8 Å². The molecular weight excluding hydrogens is 191 g/mol. The van der Waals surface area contributed by atoms with Crippen molar-refractivity contribution in [3.63, 3.8) is 0 Å². The second-order valence-electron chi connectivity index (χ2n) is 3.71. The summed E-state index contributed by atoms with van der Waals surface area (Å²) in [5.74, 6) is 0.533. The van der Waals surface area contributed by atoms with Gasteiger partial charge in [0.2, 0.25) is 0 Å². The number of hydrogen-bond acceptors (Lipinski definition) is 3. The lowest BCUT2D eigenvalue weighted by molar-refractivity contribution is 0.277. The zero-order valence-electron chi connectivity index (χ0n) is 9.18. The second kappa shape index (κ2) is 5.78. The van der Waals surface area contributed by atoms with Gasteiger partial charge in [0, 0.05) is 5.82 Å². The second-order valence-corrected chi connectivity index (χ2v) is 3.71. The van der Waals surface area contributed by atoms with Gasteiger partial charge in [0.1, 0.15) is 5.75 Å². The fourth-order valence-corrected chi connectivity index (χ4v) is 1.25. The van der Waals surface area contributed by atoms with Gasteiger partial charge in [-0.25, -0.2) is 0 Å². The predicted octanol–water partition coefficient (Wildman–Crippen LogP) is 1.63. The van der Waals surface area contributed by atoms with E-state index in [0.29, 0.717) is 13.0 Å². The average molecular weight is 208 g/mol. The summed E-state index contributed by atoms with van der Waals surface area (Å²) >= 11 is 0. The first-order valence-electron chi connectivity index (χ1n) is 5.19. The number of aryl methyl sites for hydroxylation is 1. The van der Waals surface area contributed by atoms with Gasteiger partial charge in [-0.2, -0.15) is 0 Å². The molecule has 1 rings (SSSR count). The Kier molecular flexibility index (Phi) is 4.65. The molecule has 0 aliphatic heterocycles. The van der Waals surface area contributed by atoms with Gasteiger partial charge in [-0.15, -0.1) is 0 Å². The summed E-state index contributed by atoms with van der Waals surface area (Å²) in [5.41, 5.74) is 1.18. The highest BCUT2D eigenvalue weighted by Crippen LogP contribution is 2.17. The van der Waals surface area contributed by atoms with Crippen LogP contribution in [-0.2, 0) is 0 Å². The van der Waals surface area contributed by atoms with E-state index in [-0.39, 0.29) is 5.82 Å². The summed E-state index contributed by atoms with van der Waals surface area (Å²) in [6.07, 6.45) is 0.684. The Morgan fingerprint density at radius 1 is 1.27 bits per heavy atom. The Balaban J connectivity index is 2.45. The predicted molar refractivity (Wildman–Crippen MR) is 60.9 cm³/mol. The van der Waals surface area contributed by atoms with E-state index in [4.69, 9.17) is 14.8 Å². The van der Waals surface area contributed by atoms with Crippen molar-refractivity contribution in [1.29, 1.82) is 0 Å². The van der Waals surface area contributed by atoms with E-state index in [0.717, 1.165) is 5.75 Å². The van der Waals surface area contributed by atoms with Crippen molar-refractivity contribution in [2.75, 3.05) is 6.61 Å². The lowest BCUT2D eigenvalue weighted by atomic mass is 9.72. The number of benzene rings is 1. The van der Waals surface area contributed by atoms with Crippen LogP contribution in [0.4, 0.5) is 0 Å². The molecule has 4 heteroatoms. The van der Waals surface area contributed by atoms with Crippen LogP contribution in [0.1, 0.15) is 18.9 Å². The third-order valence-electron chi connectivity index (χ3n) is 2.43. The molecule has 1 atom stereocenters. The van der Waals surface area contributed by atoms with Gasteiger partial charge in [0.05, 0.1) is 6.61 Å². The van der Waals surface area contributed by atoms with Crippen molar-refractivity contribution in [2.45, 2.75) is 26.1 Å². The largest absolute Gasteiger partial charge is 0.494 e. The molecule has 0 spiro atoms. The third kappa shape index (κ3) is 3.94. The molecule has 2 N–H and O–H groups in total. The van der Waals surface area contributed by atoms with Crippen LogP contribution in [-0.4, -0.2) is 23.8 Å². The van der Waals surface area contributed by atoms with Gasteiger partial charge in [-0.1, -0.05) is 31.0 Å². The van der Waals surface area contributed by atoms with Gasteiger partial charge in [0.25, 0.3) is 0 Å². The molecule has 0 saturated heterocycles. The van der Waals surface area contributed by atoms with Crippen LogP contribution in [0.2, 0.25) is 5.82 Å². The van der Waals surface area contributed by atoms with E-state index in [9.17, 15) is 0 Å². The van der Waals surface area contributed by atoms with Gasteiger partial charge >= 0.3 is 7.12 Å². The van der Waals surface area contributed by atoms with Crippen molar-refractivity contribution in [3.8, 4) is 5.75 Å². The molecule has 0 aliphatic carbocycles. The van der Waals surface area contributed by atoms with E-state index >= 15 is 0 Å². The molecule has 0 heterocycles. The Hall–Kier alpha value is -0.995. The molecular formula is C11H17BO3. The van der Waals surface area contributed by atoms with Crippen molar-refractivity contribution >= 4 is 7.12 Å². The van der Waals surface area contributed by atoms with E-state index in [2.05, 4.69) is 0 Å². The minimum Gasteiger partial charge on any atom is -0.494 e. The van der Waals surface area contributed by atoms with E-state index in [1.54, 1.807) is 0 Å². The van der Waals surface area contributed by atoms with Crippen LogP contribution in [0.25, 0.3) is 0 Å². The first-order valence-corrected chi connectivity index (χ1v) is 5.19. The quantitative estimate of drug-likeness (QED) is 0.723. The zero-order chi connectivity index (χ0) is 11.3. The van der Waals surface area contributed by atoms with Crippen molar-refractivity contribution < 1.29 is 14.8 Å². The standard InChI is InChI=1S/C11H17BO3/c1-3-10(12(13)14)8-15-11-6-4-9(2)5-7-11/h4-7,10,13-14H,3,8H2,1-2H3. The minimum absolute atomic E-state index is 0.230. The SMILES string of the molecule is CCC(COc1ccc(C)cc1)B(O)O. The van der Waals surface area contributed by atoms with Crippen LogP contribution >= 0.6 is 0 Å². The molecule has 3 nitrogen and oxygen atoms in total. The van der Waals surface area contributed by atoms with Crippen LogP contribution < -0.4 is 4.74 Å². The zero-order valence-corrected chi connectivity index (χ0v) is 9.18. The molecule has 1 unspecified atom stereocenters. The summed E-state index contributed by atoms with van der Waals surface area (Å²) in [7, 11) is -1.31. The fourth-order valence-electron chi connectivity index (χ4n) is 1.25. The Morgan fingerprint density at radius 2 is 1.87 bits per heavy atom. The Morgan fingerprint density at radius 3 is 2.33 bits per heavy atom. The smallest absolute Gasteiger partial charge is 0.458 e. The van der Waals surface area contributed by atoms with Crippen molar-refractivity contribution in [2.24, 2.45) is 0 Å². The van der Waals surface area contributed by atoms with Crippen LogP contribution in [0.5, 0.6) is 5.75 Å². The van der Waals surface area contributed by atoms with Crippen LogP contribution in [0, 0.1) is 6.92 Å². The summed E-state index contributed by atoms with van der Waals surface area (Å²) in [4.78, 5) is 0. The van der Waals surface area contributed by atoms with Crippen LogP contribution in [0.3, 0.4) is 0 Å². The lowest BCUT2D eigenvalue weighted by Crippen LogP contribution is -2.24. The number of rotatable bonds is 5. The van der Waals surface area contributed by atoms with Gasteiger partial charge in [-0.3, -0.25) is 0 Å². The summed E-state index contributed by atoms with van der Waals surface area (Å²) in [6.45, 7) is 4.25. The highest BCUT2D eigenvalue weighted by molar-refractivity contribution is 6.43. The molecule has 0 aliphatic rings. The summed E-state index contributed by atoms with van der Waals surface area (Å²) in [6, 6.07) is 7.69. The molecule has 0 aromatic heterocycles. The first-order chi connectivity index (χ1) is 7.13. The van der Waals surface area contributed by atoms with E-state index in [1.165, 1.54) is 5.56 Å². The minimum atomic E-state index is -1.31. The maximum Gasteiger partial charge on any atom is 0.458 e. The highest BCUT2D eigenvalue weighted by Gasteiger charge is 2.21. The topological polar surface area (TPSA) is 49.7 Å². The van der Waals surface area contributed by atoms with Gasteiger partial charge in [-0.05, 0) is 19.1 Å². The summed E-state index contributed by atoms with van der Waals surface area (Å²) < 4.78 is 5.46. The highest BCUT2D eigenvalue weighted by atomic mass is 16.5. The third-order valence-corrected chi connectivity index (χ3v) is 2.43. The van der Waals surface area contributed by atoms with Crippen molar-refractivity contribution in [3.05, 3.63) is 29.8 Å². The maximum absolute atomic E-state index is 9.01. The molecule has 0 fully saturated rings. The molecule has 1 aromatic rings. The lowest BCUT2D eigenvalue weighted by Gasteiger charge is -2.14. The van der Waals surface area contributed by atoms with Crippen LogP contribution in [0.15, 0.2) is 24.3 Å². The molecule has 0 saturated carbocycles. The molecule has 15 heavy (non-hydrogen) atoms. The van der Waals surface area contributed by atoms with Crippen molar-refractivity contribution in [1.82, 2.24) is 0 Å². The molecule has 0 radical (unpaired) electrons. The van der Waals surface area contributed by atoms with E-state index in [1.807, 2.05) is 38.1 Å². The fraction of sp³-hybridized carbons (Fsp3) is 0.455. The maximum atomic E-state index is 9.01. The molecule has 82 valence electrons. The summed E-state index contributed by atoms with van der Waals surface area (Å²) in [5, 5.41) is 18.0. The Bertz CT molecular complexity index is 284. The average Bonchev–Trinajstić information content (AvgIpc) is 2.21. The van der Waals surface area contributed by atoms with Gasteiger partial charge in [0.15, 0.2) is 0 Å². The molecule has 0 bridgehead atoms. The molecule has 1 aromatic carbocycles. The first kappa shape index (κ1) is 12.1. The Labute approximate surface area is 90.9 Å². The molecule has 0 amide bonds.